The van der Waals surface area contributed by atoms with Crippen LogP contribution in [0.1, 0.15) is 37.9 Å². The van der Waals surface area contributed by atoms with Crippen molar-refractivity contribution in [3.63, 3.8) is 0 Å². The molecule has 0 fully saturated rings. The number of halogens is 3. The number of carbonyl (C=O) groups excluding carboxylic acids is 1. The summed E-state index contributed by atoms with van der Waals surface area (Å²) in [4.78, 5) is 35.7. The third-order valence-corrected chi connectivity index (χ3v) is 7.83. The second-order valence-corrected chi connectivity index (χ2v) is 10.9. The van der Waals surface area contributed by atoms with Gasteiger partial charge in [-0.1, -0.05) is 41.8 Å². The highest BCUT2D eigenvalue weighted by molar-refractivity contribution is 6.31. The number of pyridine rings is 1. The van der Waals surface area contributed by atoms with Crippen molar-refractivity contribution in [3.8, 4) is 28.2 Å². The van der Waals surface area contributed by atoms with Gasteiger partial charge in [0.2, 0.25) is 5.91 Å². The smallest absolute Gasteiger partial charge is 0.254 e. The molecule has 2 unspecified atom stereocenters. The Bertz CT molecular complexity index is 1880. The highest BCUT2D eigenvalue weighted by atomic mass is 35.5. The van der Waals surface area contributed by atoms with Crippen LogP contribution in [0.2, 0.25) is 10.2 Å². The van der Waals surface area contributed by atoms with Crippen molar-refractivity contribution in [3.05, 3.63) is 87.3 Å². The van der Waals surface area contributed by atoms with Crippen LogP contribution in [0.3, 0.4) is 0 Å². The summed E-state index contributed by atoms with van der Waals surface area (Å²) in [6, 6.07) is 7.39. The van der Waals surface area contributed by atoms with Gasteiger partial charge in [0.15, 0.2) is 11.0 Å². The fourth-order valence-electron chi connectivity index (χ4n) is 5.20. The highest BCUT2D eigenvalue weighted by Crippen LogP contribution is 2.34. The molecule has 2 atom stereocenters. The number of hydrogen-bond donors (Lipinski definition) is 1. The standard InChI is InChI=1S/C28H24Cl2FN9O2/c1-15-4-3-5-21(18-10-16(8-9-32-18)27-20(35-28(15)42)12-34-38(27)2)39-14-33-19(11-24(39)41)25-22(7-6-17(29)26(25)31)40-13-23(30)36-37-40/h6-15,21H,3-5H2,1-2H3,(H,35,42). The van der Waals surface area contributed by atoms with E-state index in [1.807, 2.05) is 19.1 Å². The minimum atomic E-state index is -0.759. The van der Waals surface area contributed by atoms with Gasteiger partial charge in [0, 0.05) is 30.8 Å². The number of amides is 1. The average molecular weight is 608 g/mol. The zero-order chi connectivity index (χ0) is 29.5. The van der Waals surface area contributed by atoms with Gasteiger partial charge in [-0.2, -0.15) is 5.10 Å². The molecule has 42 heavy (non-hydrogen) atoms. The maximum Gasteiger partial charge on any atom is 0.254 e. The Hall–Kier alpha value is -4.42. The van der Waals surface area contributed by atoms with E-state index in [9.17, 15) is 9.59 Å². The number of fused-ring (bicyclic) bond motifs is 4. The molecule has 0 saturated heterocycles. The third kappa shape index (κ3) is 5.07. The topological polar surface area (TPSA) is 125 Å². The Labute approximate surface area is 248 Å². The van der Waals surface area contributed by atoms with E-state index >= 15 is 4.39 Å². The number of aryl methyl sites for hydroxylation is 1. The van der Waals surface area contributed by atoms with Gasteiger partial charge in [-0.05, 0) is 37.1 Å². The van der Waals surface area contributed by atoms with Gasteiger partial charge in [-0.15, -0.1) is 5.10 Å². The van der Waals surface area contributed by atoms with Crippen molar-refractivity contribution in [1.29, 1.82) is 0 Å². The van der Waals surface area contributed by atoms with E-state index in [0.29, 0.717) is 30.6 Å². The maximum absolute atomic E-state index is 15.4. The lowest BCUT2D eigenvalue weighted by Crippen LogP contribution is -2.27. The molecule has 1 amide bonds. The van der Waals surface area contributed by atoms with E-state index < -0.39 is 17.4 Å². The first-order valence-electron chi connectivity index (χ1n) is 13.1. The number of nitrogens with zero attached hydrogens (tertiary/aromatic N) is 8. The Balaban J connectivity index is 1.46. The van der Waals surface area contributed by atoms with Crippen molar-refractivity contribution < 1.29 is 9.18 Å². The monoisotopic (exact) mass is 607 g/mol. The highest BCUT2D eigenvalue weighted by Gasteiger charge is 2.25. The van der Waals surface area contributed by atoms with Crippen molar-refractivity contribution in [2.24, 2.45) is 13.0 Å². The van der Waals surface area contributed by atoms with Gasteiger partial charge in [0.1, 0.15) is 0 Å². The lowest BCUT2D eigenvalue weighted by atomic mass is 9.97. The van der Waals surface area contributed by atoms with Crippen molar-refractivity contribution >= 4 is 34.8 Å². The van der Waals surface area contributed by atoms with E-state index in [1.54, 1.807) is 30.2 Å². The number of anilines is 1. The Morgan fingerprint density at radius 1 is 1.10 bits per heavy atom. The summed E-state index contributed by atoms with van der Waals surface area (Å²) in [6.45, 7) is 1.87. The van der Waals surface area contributed by atoms with Gasteiger partial charge < -0.3 is 5.32 Å². The van der Waals surface area contributed by atoms with E-state index in [4.69, 9.17) is 23.2 Å². The molecule has 4 aromatic heterocycles. The van der Waals surface area contributed by atoms with E-state index in [0.717, 1.165) is 11.3 Å². The summed E-state index contributed by atoms with van der Waals surface area (Å²) >= 11 is 12.0. The summed E-state index contributed by atoms with van der Waals surface area (Å²) < 4.78 is 19.8. The Morgan fingerprint density at radius 3 is 2.69 bits per heavy atom. The molecule has 5 heterocycles. The average Bonchev–Trinajstić information content (AvgIpc) is 3.57. The minimum absolute atomic E-state index is 0.0179. The van der Waals surface area contributed by atoms with Crippen LogP contribution in [0.15, 0.2) is 60.0 Å². The molecule has 0 aliphatic carbocycles. The molecule has 1 aliphatic rings. The van der Waals surface area contributed by atoms with Crippen LogP contribution >= 0.6 is 23.2 Å². The molecule has 0 saturated carbocycles. The molecule has 0 spiro atoms. The van der Waals surface area contributed by atoms with Crippen LogP contribution in [0.4, 0.5) is 10.1 Å². The lowest BCUT2D eigenvalue weighted by molar-refractivity contribution is -0.119. The molecule has 11 nitrogen and oxygen atoms in total. The summed E-state index contributed by atoms with van der Waals surface area (Å²) in [6.07, 6.45) is 7.82. The third-order valence-electron chi connectivity index (χ3n) is 7.37. The largest absolute Gasteiger partial charge is 0.323 e. The van der Waals surface area contributed by atoms with E-state index in [-0.39, 0.29) is 38.9 Å². The molecule has 0 radical (unpaired) electrons. The maximum atomic E-state index is 15.4. The lowest BCUT2D eigenvalue weighted by Gasteiger charge is -2.22. The number of carbonyl (C=O) groups is 1. The van der Waals surface area contributed by atoms with Gasteiger partial charge in [-0.3, -0.25) is 23.8 Å². The molecule has 1 N–H and O–H groups in total. The van der Waals surface area contributed by atoms with Gasteiger partial charge in [-0.25, -0.2) is 14.1 Å². The summed E-state index contributed by atoms with van der Waals surface area (Å²) in [7, 11) is 1.79. The molecule has 1 aliphatic heterocycles. The molecule has 14 heteroatoms. The first-order valence-corrected chi connectivity index (χ1v) is 13.9. The van der Waals surface area contributed by atoms with Crippen LogP contribution in [0, 0.1) is 11.7 Å². The molecular formula is C28H24Cl2FN9O2. The zero-order valence-corrected chi connectivity index (χ0v) is 24.0. The predicted molar refractivity (Wildman–Crippen MR) is 155 cm³/mol. The van der Waals surface area contributed by atoms with Crippen LogP contribution in [0.25, 0.3) is 28.2 Å². The van der Waals surface area contributed by atoms with Crippen LogP contribution in [-0.4, -0.2) is 45.2 Å². The van der Waals surface area contributed by atoms with Crippen LogP contribution in [0.5, 0.6) is 0 Å². The first-order chi connectivity index (χ1) is 20.2. The van der Waals surface area contributed by atoms with E-state index in [2.05, 4.69) is 30.7 Å². The first kappa shape index (κ1) is 27.7. The van der Waals surface area contributed by atoms with Crippen molar-refractivity contribution in [2.75, 3.05) is 5.32 Å². The van der Waals surface area contributed by atoms with Crippen LogP contribution < -0.4 is 10.9 Å². The number of benzene rings is 1. The molecule has 6 rings (SSSR count). The molecule has 5 aromatic rings. The summed E-state index contributed by atoms with van der Waals surface area (Å²) in [5, 5.41) is 15.0. The second-order valence-electron chi connectivity index (χ2n) is 10.1. The Kier molecular flexibility index (Phi) is 7.33. The fourth-order valence-corrected chi connectivity index (χ4v) is 5.48. The van der Waals surface area contributed by atoms with Gasteiger partial charge in [0.25, 0.3) is 5.56 Å². The molecule has 2 bridgehead atoms. The normalized spacial score (nSPS) is 17.2. The van der Waals surface area contributed by atoms with Crippen molar-refractivity contribution in [2.45, 2.75) is 32.2 Å². The zero-order valence-electron chi connectivity index (χ0n) is 22.5. The SMILES string of the molecule is CC1CCCC(n2cnc(-c3c(-n4cc(Cl)nn4)ccc(Cl)c3F)cc2=O)c2cc(ccn2)-c2c(cnn2C)NC1=O. The Morgan fingerprint density at radius 2 is 1.93 bits per heavy atom. The molecule has 1 aromatic carbocycles. The van der Waals surface area contributed by atoms with Gasteiger partial charge in [0.05, 0.1) is 63.8 Å². The van der Waals surface area contributed by atoms with Crippen LogP contribution in [-0.2, 0) is 11.8 Å². The number of rotatable bonds is 3. The molecule has 214 valence electrons. The summed E-state index contributed by atoms with van der Waals surface area (Å²) in [5.41, 5.74) is 2.63. The van der Waals surface area contributed by atoms with E-state index in [1.165, 1.54) is 33.9 Å². The number of nitrogens with one attached hydrogen (secondary N) is 1. The minimum Gasteiger partial charge on any atom is -0.323 e. The fraction of sp³-hybridized carbons (Fsp3) is 0.250. The van der Waals surface area contributed by atoms with Gasteiger partial charge >= 0.3 is 0 Å². The number of aromatic nitrogens is 8. The quantitative estimate of drug-likeness (QED) is 0.303. The number of hydrogen-bond acceptors (Lipinski definition) is 7. The van der Waals surface area contributed by atoms with Crippen molar-refractivity contribution in [1.82, 2.24) is 39.3 Å². The summed E-state index contributed by atoms with van der Waals surface area (Å²) in [5.74, 6) is -1.13. The molecular weight excluding hydrogens is 584 g/mol. The predicted octanol–water partition coefficient (Wildman–Crippen LogP) is 5.08. The second kappa shape index (κ2) is 11.1.